The number of aromatic nitrogens is 4. The molecule has 15 nitrogen and oxygen atoms in total. The maximum Gasteiger partial charge on any atom is 2.00 e. The number of anilines is 3. The fraction of sp³-hybridized carbons (Fsp3) is 0.362. The van der Waals surface area contributed by atoms with E-state index in [-0.39, 0.29) is 37.0 Å². The Balaban J connectivity index is 0.000000314. The van der Waals surface area contributed by atoms with Gasteiger partial charge in [0.2, 0.25) is 0 Å². The van der Waals surface area contributed by atoms with Crippen molar-refractivity contribution in [1.82, 2.24) is 24.8 Å². The minimum absolute atomic E-state index is 0. The first kappa shape index (κ1) is 53.7. The number of nitrogens with one attached hydrogen (secondary N) is 2. The molecule has 0 saturated carbocycles. The molecule has 1 amide bonds. The van der Waals surface area contributed by atoms with Gasteiger partial charge in [-0.05, 0) is 89.3 Å². The maximum absolute atomic E-state index is 11.7. The van der Waals surface area contributed by atoms with Crippen LogP contribution in [0.2, 0.25) is 0 Å². The van der Waals surface area contributed by atoms with E-state index in [1.54, 1.807) is 79.8 Å². The molecule has 0 bridgehead atoms. The second kappa shape index (κ2) is 24.1. The summed E-state index contributed by atoms with van der Waals surface area (Å²) in [7, 11) is 6.45. The van der Waals surface area contributed by atoms with Crippen molar-refractivity contribution in [3.8, 4) is 22.5 Å². The largest absolute Gasteiger partial charge is 2.00 e. The van der Waals surface area contributed by atoms with Crippen LogP contribution in [0.25, 0.3) is 38.8 Å². The van der Waals surface area contributed by atoms with E-state index >= 15 is 0 Å². The summed E-state index contributed by atoms with van der Waals surface area (Å²) < 4.78 is 5.53. The fourth-order valence-electron chi connectivity index (χ4n) is 5.96. The predicted octanol–water partition coefficient (Wildman–Crippen LogP) is 9.35. The topological polar surface area (TPSA) is 206 Å². The van der Waals surface area contributed by atoms with Crippen molar-refractivity contribution in [2.45, 2.75) is 72.2 Å². The minimum atomic E-state index is -1.02. The molecule has 64 heavy (non-hydrogen) atoms. The van der Waals surface area contributed by atoms with Gasteiger partial charge in [-0.2, -0.15) is 14.1 Å². The number of aliphatic hydroxyl groups excluding tert-OH is 1. The molecular formula is C47H61N10O5PU. The minimum Gasteiger partial charge on any atom is -0.668 e. The molecule has 5 N–H and O–H groups in total. The number of aliphatic imine (C=N–C) groups is 1. The van der Waals surface area contributed by atoms with E-state index in [0.717, 1.165) is 44.8 Å². The quantitative estimate of drug-likeness (QED) is 0.0742. The third-order valence-corrected chi connectivity index (χ3v) is 11.2. The number of benzene rings is 1. The molecule has 6 heterocycles. The Morgan fingerprint density at radius 2 is 1.47 bits per heavy atom. The van der Waals surface area contributed by atoms with Crippen LogP contribution in [0.4, 0.5) is 28.7 Å². The number of fused-ring (bicyclic) bond motifs is 2. The number of nitrogens with zero attached hydrogens (tertiary/aromatic N) is 8. The van der Waals surface area contributed by atoms with Crippen LogP contribution < -0.4 is 15.9 Å². The number of carbonyl (C=O) groups is 1. The monoisotopic (exact) mass is 1110 g/mol. The molecule has 0 radical (unpaired) electrons. The van der Waals surface area contributed by atoms with Crippen molar-refractivity contribution in [2.75, 3.05) is 52.1 Å². The summed E-state index contributed by atoms with van der Waals surface area (Å²) in [4.78, 5) is 36.3. The van der Waals surface area contributed by atoms with Crippen LogP contribution in [-0.4, -0.2) is 100.0 Å². The Morgan fingerprint density at radius 1 is 0.906 bits per heavy atom. The summed E-state index contributed by atoms with van der Waals surface area (Å²) >= 11 is 0. The van der Waals surface area contributed by atoms with E-state index < -0.39 is 25.5 Å². The number of carbonyl (C=O) groups excluding carboxylic acids is 1. The van der Waals surface area contributed by atoms with Crippen LogP contribution in [0.5, 0.6) is 0 Å². The van der Waals surface area contributed by atoms with Crippen LogP contribution in [0, 0.1) is 31.1 Å². The fourth-order valence-corrected chi connectivity index (χ4v) is 6.79. The molecule has 5 aromatic rings. The Hall–Kier alpha value is -4.62. The Bertz CT molecular complexity index is 2370. The van der Waals surface area contributed by atoms with E-state index in [2.05, 4.69) is 66.6 Å². The number of hydrogen-bond donors (Lipinski definition) is 5. The summed E-state index contributed by atoms with van der Waals surface area (Å²) in [6.45, 7) is 19.3. The first-order valence-corrected chi connectivity index (χ1v) is 22.3. The molecule has 4 aromatic heterocycles. The van der Waals surface area contributed by atoms with E-state index in [1.165, 1.54) is 0 Å². The van der Waals surface area contributed by atoms with Gasteiger partial charge in [0.1, 0.15) is 22.8 Å². The van der Waals surface area contributed by atoms with Gasteiger partial charge in [0.25, 0.3) is 0 Å². The Kier molecular flexibility index (Phi) is 20.2. The number of pyridine rings is 4. The van der Waals surface area contributed by atoms with Crippen molar-refractivity contribution in [1.29, 1.82) is 0 Å². The summed E-state index contributed by atoms with van der Waals surface area (Å²) in [5, 5.41) is 45.0. The first-order chi connectivity index (χ1) is 29.9. The molecule has 2 aliphatic rings. The normalized spacial score (nSPS) is 13.3. The number of hydrogen-bond acceptors (Lipinski definition) is 13. The first-order valence-electron chi connectivity index (χ1n) is 20.6. The third-order valence-electron chi connectivity index (χ3n) is 9.61. The molecule has 17 heteroatoms. The smallest absolute Gasteiger partial charge is 0.668 e. The van der Waals surface area contributed by atoms with Gasteiger partial charge in [0.05, 0.1) is 60.5 Å². The van der Waals surface area contributed by atoms with E-state index in [0.29, 0.717) is 52.9 Å². The van der Waals surface area contributed by atoms with Crippen LogP contribution in [0.1, 0.15) is 82.2 Å². The van der Waals surface area contributed by atoms with Crippen molar-refractivity contribution in [3.05, 3.63) is 113 Å². The standard InChI is InChI=1S/C25H28N5O2P.C18H22N4O3.C2H6N.C2H6.U/c1-16-23-21(27-15-30(16)4)13-20(17-10-11-22(26-14-17)25(2,3)31)29-24(23)28-18-8-7-9-19(12-18)33(6)32-5;1-4-11(23)9-20-16-15-13(22-17(15)24)7-12(21-16)10-5-6-14(19-8-10)18(2,3)25;1-3-2;1-2;/h7-15,31H,1H2,2-6H3,(H,28,29);5-8,11,23,25H,4,9H2,1-3H3,(H2,20,21,22,24);1-2H3;1-2H3;/q;;-1;;+2/p-1. The third kappa shape index (κ3) is 13.7. The summed E-state index contributed by atoms with van der Waals surface area (Å²) in [5.41, 5.74) is 6.45. The SMILES string of the molecule is C=C1c2c(cc(-c3ccc(C(C)(C)O)nc3)nc2Nc2cccc(P(C)OC)c2)N=CN1C.CC.CCC(O)CNc1nc(-c2ccc(C(C)(C)O)nc2)cc2c1C(=O)[N-]2.C[N-]C.[U+2]. The van der Waals surface area contributed by atoms with E-state index in [4.69, 9.17) is 9.51 Å². The second-order valence-electron chi connectivity index (χ2n) is 15.4. The van der Waals surface area contributed by atoms with Gasteiger partial charge in [-0.15, -0.1) is 5.69 Å². The van der Waals surface area contributed by atoms with Crippen molar-refractivity contribution >= 4 is 60.1 Å². The maximum atomic E-state index is 11.7. The van der Waals surface area contributed by atoms with Crippen molar-refractivity contribution < 1.29 is 55.8 Å². The van der Waals surface area contributed by atoms with Crippen LogP contribution in [-0.2, 0) is 15.7 Å². The van der Waals surface area contributed by atoms with Crippen molar-refractivity contribution in [2.24, 2.45) is 4.99 Å². The second-order valence-corrected chi connectivity index (χ2v) is 17.3. The van der Waals surface area contributed by atoms with Gasteiger partial charge in [0, 0.05) is 66.5 Å². The Morgan fingerprint density at radius 3 is 1.97 bits per heavy atom. The number of aliphatic hydroxyl groups is 3. The number of amides is 1. The summed E-state index contributed by atoms with van der Waals surface area (Å²) in [5.74, 6) is 0.780. The van der Waals surface area contributed by atoms with Crippen LogP contribution in [0.15, 0.2) is 84.6 Å². The van der Waals surface area contributed by atoms with E-state index in [1.807, 2.05) is 69.1 Å². The van der Waals surface area contributed by atoms with E-state index in [9.17, 15) is 20.1 Å². The van der Waals surface area contributed by atoms with Gasteiger partial charge < -0.3 is 50.8 Å². The molecule has 1 aromatic carbocycles. The molecule has 0 spiro atoms. The van der Waals surface area contributed by atoms with Crippen LogP contribution >= 0.6 is 8.15 Å². The summed E-state index contributed by atoms with van der Waals surface area (Å²) in [6, 6.07) is 19.1. The predicted molar refractivity (Wildman–Crippen MR) is 258 cm³/mol. The average molecular weight is 1120 g/mol. The zero-order chi connectivity index (χ0) is 46.6. The average Bonchev–Trinajstić information content (AvgIpc) is 3.26. The molecule has 2 atom stereocenters. The molecule has 7 rings (SSSR count). The number of rotatable bonds is 12. The van der Waals surface area contributed by atoms with Gasteiger partial charge in [-0.3, -0.25) is 9.97 Å². The molecule has 0 saturated heterocycles. The molecule has 0 fully saturated rings. The van der Waals surface area contributed by atoms with Gasteiger partial charge in [-0.1, -0.05) is 39.5 Å². The molecule has 2 aliphatic heterocycles. The molecular weight excluding hydrogens is 1050 g/mol. The molecule has 0 aliphatic carbocycles. The van der Waals surface area contributed by atoms with Gasteiger partial charge in [0.15, 0.2) is 0 Å². The zero-order valence-electron chi connectivity index (χ0n) is 38.9. The Labute approximate surface area is 402 Å². The molecule has 2 unspecified atom stereocenters. The molecule has 338 valence electrons. The summed E-state index contributed by atoms with van der Waals surface area (Å²) in [6.07, 6.45) is 5.20. The zero-order valence-corrected chi connectivity index (χ0v) is 43.9. The van der Waals surface area contributed by atoms with Gasteiger partial charge in [-0.25, -0.2) is 15.0 Å². The van der Waals surface area contributed by atoms with Crippen molar-refractivity contribution in [3.63, 3.8) is 0 Å². The van der Waals surface area contributed by atoms with Gasteiger partial charge >= 0.3 is 31.1 Å². The van der Waals surface area contributed by atoms with Crippen LogP contribution in [0.3, 0.4) is 0 Å².